The van der Waals surface area contributed by atoms with Gasteiger partial charge in [-0.25, -0.2) is 4.39 Å². The Bertz CT molecular complexity index is 566. The number of hydrogen-bond donors (Lipinski definition) is 1. The maximum atomic E-state index is 13.3. The van der Waals surface area contributed by atoms with E-state index in [-0.39, 0.29) is 5.82 Å². The van der Waals surface area contributed by atoms with Crippen molar-refractivity contribution in [2.24, 2.45) is 0 Å². The van der Waals surface area contributed by atoms with Crippen molar-refractivity contribution in [2.75, 3.05) is 5.32 Å². The number of rotatable bonds is 0. The van der Waals surface area contributed by atoms with E-state index in [2.05, 4.69) is 5.32 Å². The Kier molecular flexibility index (Phi) is 2.14. The van der Waals surface area contributed by atoms with Gasteiger partial charge in [-0.2, -0.15) is 0 Å². The molecule has 2 aromatic rings. The number of benzene rings is 2. The fraction of sp³-hybridized carbons (Fsp3) is 0.0769. The van der Waals surface area contributed by atoms with E-state index in [0.29, 0.717) is 0 Å². The van der Waals surface area contributed by atoms with Crippen LogP contribution >= 0.6 is 11.8 Å². The molecule has 1 nitrogen and oxygen atoms in total. The Hall–Kier alpha value is -1.48. The van der Waals surface area contributed by atoms with Gasteiger partial charge in [0, 0.05) is 9.79 Å². The average molecular weight is 231 g/mol. The summed E-state index contributed by atoms with van der Waals surface area (Å²) in [6.45, 7) is 1.92. The van der Waals surface area contributed by atoms with Gasteiger partial charge in [0.1, 0.15) is 5.82 Å². The van der Waals surface area contributed by atoms with Gasteiger partial charge in [-0.15, -0.1) is 0 Å². The maximum Gasteiger partial charge on any atom is 0.124 e. The molecule has 0 aliphatic carbocycles. The van der Waals surface area contributed by atoms with Crippen molar-refractivity contribution in [2.45, 2.75) is 16.7 Å². The second-order valence-corrected chi connectivity index (χ2v) is 4.90. The minimum absolute atomic E-state index is 0.176. The molecule has 1 aliphatic rings. The zero-order chi connectivity index (χ0) is 11.1. The van der Waals surface area contributed by atoms with Gasteiger partial charge in [-0.1, -0.05) is 23.9 Å². The van der Waals surface area contributed by atoms with Crippen LogP contribution < -0.4 is 5.32 Å². The monoisotopic (exact) mass is 231 g/mol. The SMILES string of the molecule is Cc1cc(F)cc2c1Nc1ccccc1S2. The Morgan fingerprint density at radius 1 is 1.12 bits per heavy atom. The normalized spacial score (nSPS) is 12.6. The molecule has 0 bridgehead atoms. The summed E-state index contributed by atoms with van der Waals surface area (Å²) in [6, 6.07) is 11.2. The van der Waals surface area contributed by atoms with Crippen molar-refractivity contribution in [3.8, 4) is 0 Å². The lowest BCUT2D eigenvalue weighted by molar-refractivity contribution is 0.623. The highest BCUT2D eigenvalue weighted by molar-refractivity contribution is 7.99. The van der Waals surface area contributed by atoms with Crippen LogP contribution in [0.15, 0.2) is 46.2 Å². The Morgan fingerprint density at radius 2 is 1.94 bits per heavy atom. The van der Waals surface area contributed by atoms with Crippen LogP contribution in [0.5, 0.6) is 0 Å². The van der Waals surface area contributed by atoms with E-state index in [9.17, 15) is 4.39 Å². The molecular formula is C13H10FNS. The Balaban J connectivity index is 2.15. The summed E-state index contributed by atoms with van der Waals surface area (Å²) in [5.74, 6) is -0.176. The van der Waals surface area contributed by atoms with Crippen LogP contribution in [0, 0.1) is 12.7 Å². The van der Waals surface area contributed by atoms with Crippen LogP contribution in [-0.2, 0) is 0 Å². The quantitative estimate of drug-likeness (QED) is 0.617. The van der Waals surface area contributed by atoms with Gasteiger partial charge in [0.15, 0.2) is 0 Å². The van der Waals surface area contributed by atoms with Crippen LogP contribution in [0.25, 0.3) is 0 Å². The van der Waals surface area contributed by atoms with E-state index in [0.717, 1.165) is 26.7 Å². The molecular weight excluding hydrogens is 221 g/mol. The summed E-state index contributed by atoms with van der Waals surface area (Å²) in [5, 5.41) is 3.35. The molecule has 0 atom stereocenters. The fourth-order valence-electron chi connectivity index (χ4n) is 1.87. The highest BCUT2D eigenvalue weighted by Gasteiger charge is 2.17. The number of fused-ring (bicyclic) bond motifs is 2. The predicted molar refractivity (Wildman–Crippen MR) is 65.0 cm³/mol. The van der Waals surface area contributed by atoms with Crippen LogP contribution in [-0.4, -0.2) is 0 Å². The molecule has 0 saturated carbocycles. The second kappa shape index (κ2) is 3.52. The fourth-order valence-corrected chi connectivity index (χ4v) is 2.96. The lowest BCUT2D eigenvalue weighted by Gasteiger charge is -2.22. The molecule has 3 rings (SSSR count). The van der Waals surface area contributed by atoms with Gasteiger partial charge in [-0.3, -0.25) is 0 Å². The molecule has 0 spiro atoms. The Labute approximate surface area is 97.7 Å². The first-order chi connectivity index (χ1) is 7.74. The van der Waals surface area contributed by atoms with Gasteiger partial charge in [-0.05, 0) is 36.8 Å². The molecule has 0 amide bonds. The van der Waals surface area contributed by atoms with Crippen molar-refractivity contribution < 1.29 is 4.39 Å². The second-order valence-electron chi connectivity index (χ2n) is 3.82. The molecule has 80 valence electrons. The third kappa shape index (κ3) is 1.48. The van der Waals surface area contributed by atoms with E-state index in [1.54, 1.807) is 23.9 Å². The number of aryl methyl sites for hydroxylation is 1. The van der Waals surface area contributed by atoms with E-state index >= 15 is 0 Å². The molecule has 0 fully saturated rings. The summed E-state index contributed by atoms with van der Waals surface area (Å²) in [4.78, 5) is 2.09. The van der Waals surface area contributed by atoms with Crippen LogP contribution in [0.1, 0.15) is 5.56 Å². The van der Waals surface area contributed by atoms with E-state index in [1.165, 1.54) is 0 Å². The minimum Gasteiger partial charge on any atom is -0.353 e. The third-order valence-corrected chi connectivity index (χ3v) is 3.75. The molecule has 3 heteroatoms. The maximum absolute atomic E-state index is 13.3. The van der Waals surface area contributed by atoms with Crippen molar-refractivity contribution in [3.63, 3.8) is 0 Å². The molecule has 0 saturated heterocycles. The third-order valence-electron chi connectivity index (χ3n) is 2.63. The van der Waals surface area contributed by atoms with E-state index < -0.39 is 0 Å². The molecule has 0 unspecified atom stereocenters. The largest absolute Gasteiger partial charge is 0.353 e. The van der Waals surface area contributed by atoms with E-state index in [1.807, 2.05) is 31.2 Å². The van der Waals surface area contributed by atoms with Crippen molar-refractivity contribution in [1.82, 2.24) is 0 Å². The van der Waals surface area contributed by atoms with Gasteiger partial charge >= 0.3 is 0 Å². The number of hydrogen-bond acceptors (Lipinski definition) is 2. The van der Waals surface area contributed by atoms with Crippen molar-refractivity contribution in [3.05, 3.63) is 47.8 Å². The highest BCUT2D eigenvalue weighted by Crippen LogP contribution is 2.45. The molecule has 0 radical (unpaired) electrons. The van der Waals surface area contributed by atoms with Crippen molar-refractivity contribution in [1.29, 1.82) is 0 Å². The van der Waals surface area contributed by atoms with Gasteiger partial charge < -0.3 is 5.32 Å². The van der Waals surface area contributed by atoms with Gasteiger partial charge in [0.2, 0.25) is 0 Å². The molecule has 2 aromatic carbocycles. The van der Waals surface area contributed by atoms with Crippen molar-refractivity contribution >= 4 is 23.1 Å². The first-order valence-corrected chi connectivity index (χ1v) is 5.90. The molecule has 1 aliphatic heterocycles. The van der Waals surface area contributed by atoms with Crippen LogP contribution in [0.4, 0.5) is 15.8 Å². The molecule has 16 heavy (non-hydrogen) atoms. The lowest BCUT2D eigenvalue weighted by atomic mass is 10.2. The minimum atomic E-state index is -0.176. The smallest absolute Gasteiger partial charge is 0.124 e. The van der Waals surface area contributed by atoms with Gasteiger partial charge in [0.25, 0.3) is 0 Å². The summed E-state index contributed by atoms with van der Waals surface area (Å²) in [5.41, 5.74) is 3.05. The number of para-hydroxylation sites is 1. The van der Waals surface area contributed by atoms with E-state index in [4.69, 9.17) is 0 Å². The molecule has 1 N–H and O–H groups in total. The predicted octanol–water partition coefficient (Wildman–Crippen LogP) is 4.34. The lowest BCUT2D eigenvalue weighted by Crippen LogP contribution is -2.02. The highest BCUT2D eigenvalue weighted by atomic mass is 32.2. The average Bonchev–Trinajstić information content (AvgIpc) is 2.27. The number of nitrogens with one attached hydrogen (secondary N) is 1. The zero-order valence-electron chi connectivity index (χ0n) is 8.75. The zero-order valence-corrected chi connectivity index (χ0v) is 9.57. The molecule has 0 aromatic heterocycles. The number of anilines is 2. The summed E-state index contributed by atoms with van der Waals surface area (Å²) < 4.78 is 13.3. The summed E-state index contributed by atoms with van der Waals surface area (Å²) in [6.07, 6.45) is 0. The summed E-state index contributed by atoms with van der Waals surface area (Å²) >= 11 is 1.61. The van der Waals surface area contributed by atoms with Crippen LogP contribution in [0.3, 0.4) is 0 Å². The number of halogens is 1. The first-order valence-electron chi connectivity index (χ1n) is 5.08. The first kappa shape index (κ1) is 9.73. The summed E-state index contributed by atoms with van der Waals surface area (Å²) in [7, 11) is 0. The Morgan fingerprint density at radius 3 is 2.81 bits per heavy atom. The topological polar surface area (TPSA) is 12.0 Å². The van der Waals surface area contributed by atoms with Gasteiger partial charge in [0.05, 0.1) is 11.4 Å². The van der Waals surface area contributed by atoms with Crippen LogP contribution in [0.2, 0.25) is 0 Å². The molecule has 1 heterocycles. The standard InChI is InChI=1S/C13H10FNS/c1-8-6-9(14)7-12-13(8)15-10-4-2-3-5-11(10)16-12/h2-7,15H,1H3.